The molecule has 20 heavy (non-hydrogen) atoms. The van der Waals surface area contributed by atoms with Crippen molar-refractivity contribution in [1.82, 2.24) is 14.5 Å². The Bertz CT molecular complexity index is 686. The van der Waals surface area contributed by atoms with Gasteiger partial charge in [0.15, 0.2) is 0 Å². The van der Waals surface area contributed by atoms with E-state index in [4.69, 9.17) is 0 Å². The van der Waals surface area contributed by atoms with E-state index in [0.29, 0.717) is 12.4 Å². The number of hydrazone groups is 1. The largest absolute Gasteiger partial charge is 0.329 e. The Labute approximate surface area is 115 Å². The van der Waals surface area contributed by atoms with Crippen molar-refractivity contribution in [2.45, 2.75) is 6.92 Å². The fourth-order valence-corrected chi connectivity index (χ4v) is 1.58. The second-order valence-electron chi connectivity index (χ2n) is 4.10. The molecule has 2 heterocycles. The summed E-state index contributed by atoms with van der Waals surface area (Å²) >= 11 is 0. The molecule has 0 saturated heterocycles. The summed E-state index contributed by atoms with van der Waals surface area (Å²) in [6.07, 6.45) is 4.97. The number of anilines is 1. The lowest BCUT2D eigenvalue weighted by atomic mass is 10.3. The van der Waals surface area contributed by atoms with Crippen LogP contribution >= 0.6 is 0 Å². The Morgan fingerprint density at radius 1 is 1.40 bits per heavy atom. The minimum absolute atomic E-state index is 0.367. The van der Waals surface area contributed by atoms with Crippen LogP contribution in [0.3, 0.4) is 0 Å². The van der Waals surface area contributed by atoms with Crippen LogP contribution in [0.4, 0.5) is 5.82 Å². The van der Waals surface area contributed by atoms with Gasteiger partial charge in [-0.2, -0.15) is 5.10 Å². The molecule has 0 aliphatic carbocycles. The minimum Gasteiger partial charge on any atom is -0.292 e. The molecule has 0 aromatic carbocycles. The van der Waals surface area contributed by atoms with Crippen LogP contribution < -0.4 is 16.3 Å². The fourth-order valence-electron chi connectivity index (χ4n) is 1.58. The number of rotatable bonds is 4. The summed E-state index contributed by atoms with van der Waals surface area (Å²) in [6.45, 7) is 2.39. The van der Waals surface area contributed by atoms with Gasteiger partial charge in [0.1, 0.15) is 5.82 Å². The molecule has 7 nitrogen and oxygen atoms in total. The van der Waals surface area contributed by atoms with Gasteiger partial charge in [0.05, 0.1) is 6.21 Å². The number of aromatic nitrogens is 3. The molecular formula is C13H15N5O2. The molecule has 2 aromatic heterocycles. The maximum atomic E-state index is 11.6. The van der Waals surface area contributed by atoms with Crippen LogP contribution in [-0.2, 0) is 7.05 Å². The van der Waals surface area contributed by atoms with Gasteiger partial charge < -0.3 is 0 Å². The number of aromatic amines is 1. The first kappa shape index (κ1) is 13.7. The van der Waals surface area contributed by atoms with E-state index in [1.165, 1.54) is 13.1 Å². The third-order valence-electron chi connectivity index (χ3n) is 2.76. The molecule has 0 aliphatic heterocycles. The molecule has 0 spiro atoms. The second kappa shape index (κ2) is 5.96. The van der Waals surface area contributed by atoms with Gasteiger partial charge in [-0.05, 0) is 24.6 Å². The minimum atomic E-state index is -0.468. The maximum Gasteiger partial charge on any atom is 0.329 e. The number of nitrogens with zero attached hydrogens (tertiary/aromatic N) is 4. The van der Waals surface area contributed by atoms with Gasteiger partial charge in [-0.1, -0.05) is 0 Å². The SMILES string of the molecule is CCN(N=Cc1ccncc1)c1cc(=O)n(C)c(=O)[nH]1. The second-order valence-corrected chi connectivity index (χ2v) is 4.10. The lowest BCUT2D eigenvalue weighted by Crippen LogP contribution is -2.34. The van der Waals surface area contributed by atoms with E-state index < -0.39 is 5.69 Å². The van der Waals surface area contributed by atoms with Crippen molar-refractivity contribution in [1.29, 1.82) is 0 Å². The van der Waals surface area contributed by atoms with Crippen molar-refractivity contribution < 1.29 is 0 Å². The quantitative estimate of drug-likeness (QED) is 0.642. The Morgan fingerprint density at radius 3 is 2.70 bits per heavy atom. The van der Waals surface area contributed by atoms with Crippen molar-refractivity contribution in [3.05, 3.63) is 57.0 Å². The first-order chi connectivity index (χ1) is 9.61. The molecule has 0 radical (unpaired) electrons. The monoisotopic (exact) mass is 273 g/mol. The number of hydrogen-bond donors (Lipinski definition) is 1. The Balaban J connectivity index is 2.32. The predicted octanol–water partition coefficient (Wildman–Crippen LogP) is 0.329. The van der Waals surface area contributed by atoms with E-state index in [-0.39, 0.29) is 5.56 Å². The van der Waals surface area contributed by atoms with Crippen LogP contribution in [0.15, 0.2) is 45.3 Å². The van der Waals surface area contributed by atoms with Crippen LogP contribution in [0, 0.1) is 0 Å². The lowest BCUT2D eigenvalue weighted by molar-refractivity contribution is 0.756. The third kappa shape index (κ3) is 3.00. The highest BCUT2D eigenvalue weighted by molar-refractivity contribution is 5.79. The summed E-state index contributed by atoms with van der Waals surface area (Å²) in [5, 5.41) is 5.80. The molecule has 7 heteroatoms. The van der Waals surface area contributed by atoms with Gasteiger partial charge in [-0.15, -0.1) is 0 Å². The zero-order chi connectivity index (χ0) is 14.5. The summed E-state index contributed by atoms with van der Waals surface area (Å²) in [5.74, 6) is 0.367. The van der Waals surface area contributed by atoms with Gasteiger partial charge in [0.2, 0.25) is 0 Å². The van der Waals surface area contributed by atoms with Crippen LogP contribution in [0.1, 0.15) is 12.5 Å². The Morgan fingerprint density at radius 2 is 2.10 bits per heavy atom. The molecule has 2 rings (SSSR count). The molecule has 2 aromatic rings. The van der Waals surface area contributed by atoms with Crippen LogP contribution in [0.25, 0.3) is 0 Å². The molecule has 0 bridgehead atoms. The first-order valence-corrected chi connectivity index (χ1v) is 6.13. The lowest BCUT2D eigenvalue weighted by Gasteiger charge is -2.16. The van der Waals surface area contributed by atoms with E-state index in [9.17, 15) is 9.59 Å². The predicted molar refractivity (Wildman–Crippen MR) is 77.2 cm³/mol. The van der Waals surface area contributed by atoms with E-state index in [2.05, 4.69) is 15.1 Å². The fraction of sp³-hybridized carbons (Fsp3) is 0.231. The number of pyridine rings is 1. The standard InChI is InChI=1S/C13H15N5O2/c1-3-18(15-9-10-4-6-14-7-5-10)11-8-12(19)17(2)13(20)16-11/h4-9H,3H2,1-2H3,(H,16,20). The number of hydrogen-bond acceptors (Lipinski definition) is 5. The maximum absolute atomic E-state index is 11.6. The molecule has 0 amide bonds. The summed E-state index contributed by atoms with van der Waals surface area (Å²) < 4.78 is 1.00. The smallest absolute Gasteiger partial charge is 0.292 e. The van der Waals surface area contributed by atoms with E-state index >= 15 is 0 Å². The van der Waals surface area contributed by atoms with Gasteiger partial charge in [-0.25, -0.2) is 9.80 Å². The average Bonchev–Trinajstić information content (AvgIpc) is 2.46. The van der Waals surface area contributed by atoms with Gasteiger partial charge in [0.25, 0.3) is 5.56 Å². The van der Waals surface area contributed by atoms with Gasteiger partial charge in [-0.3, -0.25) is 19.3 Å². The Hall–Kier alpha value is -2.70. The van der Waals surface area contributed by atoms with Crippen molar-refractivity contribution in [3.8, 4) is 0 Å². The van der Waals surface area contributed by atoms with Gasteiger partial charge in [0, 0.05) is 32.1 Å². The molecule has 0 atom stereocenters. The molecule has 104 valence electrons. The van der Waals surface area contributed by atoms with Crippen molar-refractivity contribution in [3.63, 3.8) is 0 Å². The topological polar surface area (TPSA) is 83.3 Å². The average molecular weight is 273 g/mol. The third-order valence-corrected chi connectivity index (χ3v) is 2.76. The van der Waals surface area contributed by atoms with Crippen molar-refractivity contribution in [2.24, 2.45) is 12.1 Å². The highest BCUT2D eigenvalue weighted by Crippen LogP contribution is 2.05. The highest BCUT2D eigenvalue weighted by Gasteiger charge is 2.06. The van der Waals surface area contributed by atoms with Crippen molar-refractivity contribution >= 4 is 12.0 Å². The summed E-state index contributed by atoms with van der Waals surface area (Å²) in [5.41, 5.74) is 0.0380. The first-order valence-electron chi connectivity index (χ1n) is 6.13. The van der Waals surface area contributed by atoms with Crippen LogP contribution in [0.2, 0.25) is 0 Å². The number of nitrogens with one attached hydrogen (secondary N) is 1. The normalized spacial score (nSPS) is 10.9. The summed E-state index contributed by atoms with van der Waals surface area (Å²) in [7, 11) is 1.42. The molecule has 0 aliphatic rings. The van der Waals surface area contributed by atoms with Crippen LogP contribution in [-0.4, -0.2) is 27.3 Å². The van der Waals surface area contributed by atoms with E-state index in [1.807, 2.05) is 19.1 Å². The van der Waals surface area contributed by atoms with E-state index in [1.54, 1.807) is 23.6 Å². The molecule has 0 unspecified atom stereocenters. The van der Waals surface area contributed by atoms with Crippen molar-refractivity contribution in [2.75, 3.05) is 11.6 Å². The summed E-state index contributed by atoms with van der Waals surface area (Å²) in [6, 6.07) is 4.96. The molecular weight excluding hydrogens is 258 g/mol. The molecule has 0 saturated carbocycles. The molecule has 0 fully saturated rings. The zero-order valence-corrected chi connectivity index (χ0v) is 11.3. The van der Waals surface area contributed by atoms with Gasteiger partial charge >= 0.3 is 5.69 Å². The molecule has 1 N–H and O–H groups in total. The van der Waals surface area contributed by atoms with Crippen LogP contribution in [0.5, 0.6) is 0 Å². The number of H-pyrrole nitrogens is 1. The zero-order valence-electron chi connectivity index (χ0n) is 11.3. The Kier molecular flexibility index (Phi) is 4.09. The summed E-state index contributed by atoms with van der Waals surface area (Å²) in [4.78, 5) is 29.7. The highest BCUT2D eigenvalue weighted by atomic mass is 16.2. The van der Waals surface area contributed by atoms with E-state index in [0.717, 1.165) is 10.1 Å².